The van der Waals surface area contributed by atoms with E-state index in [2.05, 4.69) is 31.8 Å². The summed E-state index contributed by atoms with van der Waals surface area (Å²) < 4.78 is 31.5. The number of carbonyl (C=O) groups excluding carboxylic acids is 2. The van der Waals surface area contributed by atoms with Gasteiger partial charge in [0, 0.05) is 32.4 Å². The molecule has 5 rings (SSSR count). The first-order valence-electron chi connectivity index (χ1n) is 16.1. The molecule has 8 heteroatoms. The van der Waals surface area contributed by atoms with Crippen LogP contribution in [-0.4, -0.2) is 65.3 Å². The second-order valence-electron chi connectivity index (χ2n) is 13.8. The van der Waals surface area contributed by atoms with Crippen molar-refractivity contribution < 1.29 is 33.3 Å². The molecule has 3 aliphatic carbocycles. The maximum Gasteiger partial charge on any atom is 0.313 e. The van der Waals surface area contributed by atoms with Crippen LogP contribution in [0.3, 0.4) is 0 Å². The van der Waals surface area contributed by atoms with Gasteiger partial charge in [-0.05, 0) is 69.1 Å². The zero-order chi connectivity index (χ0) is 29.7. The summed E-state index contributed by atoms with van der Waals surface area (Å²) in [6.45, 7) is 11.0. The maximum absolute atomic E-state index is 14.1. The quantitative estimate of drug-likeness (QED) is 0.0694. The molecule has 232 valence electrons. The summed E-state index contributed by atoms with van der Waals surface area (Å²) in [5.74, 6) is -1.25. The fourth-order valence-corrected chi connectivity index (χ4v) is 8.70. The molecule has 0 saturated heterocycles. The predicted octanol–water partition coefficient (Wildman–Crippen LogP) is 6.33. The molecular formula is C34H50O7Si. The highest BCUT2D eigenvalue weighted by molar-refractivity contribution is 6.76. The van der Waals surface area contributed by atoms with E-state index in [0.717, 1.165) is 43.6 Å². The van der Waals surface area contributed by atoms with E-state index in [-0.39, 0.29) is 43.4 Å². The molecular weight excluding hydrogens is 548 g/mol. The SMILES string of the molecule is CCOC(=O)[C@]12CC[C@H](OCc3ccccc3)C[C@@H]1[C@@H](OCOCC[Si](C)(C)C)[C@H]1OCC3=C(CCCC3)C1[C@@H]2C=O. The molecule has 0 N–H and O–H groups in total. The van der Waals surface area contributed by atoms with Crippen LogP contribution < -0.4 is 0 Å². The van der Waals surface area contributed by atoms with Gasteiger partial charge in [-0.3, -0.25) is 4.79 Å². The Morgan fingerprint density at radius 1 is 1.12 bits per heavy atom. The lowest BCUT2D eigenvalue weighted by atomic mass is 9.48. The maximum atomic E-state index is 14.1. The van der Waals surface area contributed by atoms with Crippen molar-refractivity contribution in [2.24, 2.45) is 23.2 Å². The van der Waals surface area contributed by atoms with E-state index in [4.69, 9.17) is 23.7 Å². The molecule has 1 aliphatic heterocycles. The number of hydrogen-bond acceptors (Lipinski definition) is 7. The third-order valence-electron chi connectivity index (χ3n) is 10.1. The second-order valence-corrected chi connectivity index (χ2v) is 19.4. The van der Waals surface area contributed by atoms with Crippen LogP contribution in [0.25, 0.3) is 0 Å². The van der Waals surface area contributed by atoms with Gasteiger partial charge in [0.15, 0.2) is 0 Å². The molecule has 1 heterocycles. The number of ether oxygens (including phenoxy) is 5. The van der Waals surface area contributed by atoms with E-state index in [1.807, 2.05) is 25.1 Å². The van der Waals surface area contributed by atoms with Crippen LogP contribution in [0.15, 0.2) is 41.5 Å². The Balaban J connectivity index is 1.47. The fraction of sp³-hybridized carbons (Fsp3) is 0.706. The normalized spacial score (nSPS) is 32.9. The molecule has 7 nitrogen and oxygen atoms in total. The standard InChI is InChI=1S/C34H50O7Si/c1-5-38-33(36)34-16-15-26(39-21-24-11-7-6-8-12-24)19-28(34)31(41-23-37-17-18-42(2,3)4)32-30(29(34)20-35)27-14-10-9-13-25(27)22-40-32/h6-8,11-12,20,26,28-32H,5,9-10,13-19,21-23H2,1-4H3/t26-,28+,29-,30?,31+,32-,34+/m0/s1. The predicted molar refractivity (Wildman–Crippen MR) is 164 cm³/mol. The topological polar surface area (TPSA) is 80.3 Å². The average molecular weight is 599 g/mol. The Morgan fingerprint density at radius 2 is 1.90 bits per heavy atom. The van der Waals surface area contributed by atoms with E-state index in [0.29, 0.717) is 39.1 Å². The van der Waals surface area contributed by atoms with Gasteiger partial charge in [0.05, 0.1) is 43.5 Å². The number of aldehydes is 1. The lowest BCUT2D eigenvalue weighted by Crippen LogP contribution is -2.67. The zero-order valence-corrected chi connectivity index (χ0v) is 27.0. The Kier molecular flexibility index (Phi) is 10.4. The highest BCUT2D eigenvalue weighted by atomic mass is 28.3. The van der Waals surface area contributed by atoms with E-state index in [9.17, 15) is 9.59 Å². The molecule has 0 bridgehead atoms. The summed E-state index contributed by atoms with van der Waals surface area (Å²) in [5, 5.41) is 0. The third kappa shape index (κ3) is 6.63. The van der Waals surface area contributed by atoms with Crippen LogP contribution in [0.2, 0.25) is 25.7 Å². The molecule has 1 aromatic rings. The summed E-state index contributed by atoms with van der Waals surface area (Å²) in [6.07, 6.45) is 6.30. The fourth-order valence-electron chi connectivity index (χ4n) is 7.94. The van der Waals surface area contributed by atoms with E-state index in [1.165, 1.54) is 11.1 Å². The van der Waals surface area contributed by atoms with Gasteiger partial charge < -0.3 is 28.5 Å². The molecule has 4 aliphatic rings. The molecule has 7 atom stereocenters. The van der Waals surface area contributed by atoms with Crippen molar-refractivity contribution in [2.45, 2.75) is 102 Å². The summed E-state index contributed by atoms with van der Waals surface area (Å²) in [6, 6.07) is 11.2. The molecule has 1 aromatic carbocycles. The minimum atomic E-state index is -1.25. The van der Waals surface area contributed by atoms with Crippen LogP contribution in [0.1, 0.15) is 57.4 Å². The molecule has 0 aromatic heterocycles. The minimum absolute atomic E-state index is 0.0615. The van der Waals surface area contributed by atoms with Gasteiger partial charge in [-0.1, -0.05) is 55.5 Å². The third-order valence-corrected chi connectivity index (χ3v) is 11.8. The van der Waals surface area contributed by atoms with Gasteiger partial charge in [0.2, 0.25) is 0 Å². The van der Waals surface area contributed by atoms with Crippen LogP contribution in [0.4, 0.5) is 0 Å². The van der Waals surface area contributed by atoms with Crippen molar-refractivity contribution in [3.8, 4) is 0 Å². The second kappa shape index (κ2) is 13.9. The van der Waals surface area contributed by atoms with E-state index >= 15 is 0 Å². The molecule has 0 amide bonds. The molecule has 0 radical (unpaired) electrons. The number of hydrogen-bond donors (Lipinski definition) is 0. The first-order chi connectivity index (χ1) is 20.3. The minimum Gasteiger partial charge on any atom is -0.466 e. The van der Waals surface area contributed by atoms with Gasteiger partial charge in [0.25, 0.3) is 0 Å². The first kappa shape index (κ1) is 31.6. The lowest BCUT2D eigenvalue weighted by Gasteiger charge is -2.59. The van der Waals surface area contributed by atoms with Gasteiger partial charge in [-0.2, -0.15) is 0 Å². The monoisotopic (exact) mass is 598 g/mol. The first-order valence-corrected chi connectivity index (χ1v) is 19.8. The van der Waals surface area contributed by atoms with E-state index in [1.54, 1.807) is 0 Å². The molecule has 0 spiro atoms. The summed E-state index contributed by atoms with van der Waals surface area (Å²) in [5.41, 5.74) is 2.78. The largest absolute Gasteiger partial charge is 0.466 e. The van der Waals surface area contributed by atoms with Crippen LogP contribution in [0, 0.1) is 23.2 Å². The Hall–Kier alpha value is -1.84. The van der Waals surface area contributed by atoms with Crippen molar-refractivity contribution in [2.75, 3.05) is 26.6 Å². The molecule has 2 saturated carbocycles. The van der Waals surface area contributed by atoms with Crippen molar-refractivity contribution in [1.82, 2.24) is 0 Å². The van der Waals surface area contributed by atoms with Gasteiger partial charge in [-0.15, -0.1) is 0 Å². The van der Waals surface area contributed by atoms with Crippen molar-refractivity contribution in [3.63, 3.8) is 0 Å². The van der Waals surface area contributed by atoms with Crippen molar-refractivity contribution >= 4 is 20.3 Å². The number of fused-ring (bicyclic) bond motifs is 3. The number of rotatable bonds is 12. The van der Waals surface area contributed by atoms with Crippen molar-refractivity contribution in [1.29, 1.82) is 0 Å². The van der Waals surface area contributed by atoms with Crippen LogP contribution in [0.5, 0.6) is 0 Å². The highest BCUT2D eigenvalue weighted by Crippen LogP contribution is 2.60. The Bertz CT molecular complexity index is 1100. The van der Waals surface area contributed by atoms with Gasteiger partial charge in [-0.25, -0.2) is 0 Å². The van der Waals surface area contributed by atoms with E-state index < -0.39 is 25.5 Å². The average Bonchev–Trinajstić information content (AvgIpc) is 2.99. The summed E-state index contributed by atoms with van der Waals surface area (Å²) in [4.78, 5) is 27.3. The highest BCUT2D eigenvalue weighted by Gasteiger charge is 2.67. The number of esters is 1. The zero-order valence-electron chi connectivity index (χ0n) is 26.0. The summed E-state index contributed by atoms with van der Waals surface area (Å²) in [7, 11) is -1.25. The lowest BCUT2D eigenvalue weighted by molar-refractivity contribution is -0.244. The molecule has 1 unspecified atom stereocenters. The smallest absolute Gasteiger partial charge is 0.313 e. The molecule has 42 heavy (non-hydrogen) atoms. The van der Waals surface area contributed by atoms with Crippen LogP contribution >= 0.6 is 0 Å². The number of benzene rings is 1. The Morgan fingerprint density at radius 3 is 2.64 bits per heavy atom. The van der Waals surface area contributed by atoms with Gasteiger partial charge >= 0.3 is 5.97 Å². The Labute approximate surface area is 252 Å². The van der Waals surface area contributed by atoms with Crippen molar-refractivity contribution in [3.05, 3.63) is 47.0 Å². The molecule has 2 fully saturated rings. The number of carbonyl (C=O) groups is 2. The van der Waals surface area contributed by atoms with Crippen LogP contribution in [-0.2, 0) is 39.9 Å². The summed E-state index contributed by atoms with van der Waals surface area (Å²) >= 11 is 0. The van der Waals surface area contributed by atoms with Gasteiger partial charge in [0.1, 0.15) is 13.1 Å².